The molecule has 2 rings (SSSR count). The van der Waals surface area contributed by atoms with Gasteiger partial charge in [-0.05, 0) is 26.0 Å². The number of esters is 1. The molecule has 0 aliphatic heterocycles. The molecule has 0 aliphatic carbocycles. The number of rotatable bonds is 10. The van der Waals surface area contributed by atoms with E-state index in [-0.39, 0.29) is 30.3 Å². The molecule has 0 radical (unpaired) electrons. The molecule has 0 amide bonds. The minimum absolute atomic E-state index is 0.0342. The highest BCUT2D eigenvalue weighted by molar-refractivity contribution is 7.90. The lowest BCUT2D eigenvalue weighted by atomic mass is 10.2. The Labute approximate surface area is 182 Å². The lowest BCUT2D eigenvalue weighted by Gasteiger charge is -2.13. The Kier molecular flexibility index (Phi) is 7.86. The van der Waals surface area contributed by atoms with E-state index < -0.39 is 49.9 Å². The van der Waals surface area contributed by atoms with Gasteiger partial charge in [-0.3, -0.25) is 10.1 Å². The van der Waals surface area contributed by atoms with Crippen molar-refractivity contribution in [3.05, 3.63) is 33.9 Å². The van der Waals surface area contributed by atoms with Crippen molar-refractivity contribution in [1.82, 2.24) is 9.97 Å². The van der Waals surface area contributed by atoms with Gasteiger partial charge in [-0.25, -0.2) is 13.2 Å². The molecule has 1 aromatic carbocycles. The van der Waals surface area contributed by atoms with Gasteiger partial charge in [0.1, 0.15) is 0 Å². The summed E-state index contributed by atoms with van der Waals surface area (Å²) in [6.45, 7) is 2.69. The molecule has 0 bridgehead atoms. The number of carbonyl (C=O) groups excluding carboxylic acids is 1. The quantitative estimate of drug-likeness (QED) is 0.214. The van der Waals surface area contributed by atoms with Crippen LogP contribution in [0.5, 0.6) is 23.3 Å². The van der Waals surface area contributed by atoms with Crippen LogP contribution in [-0.2, 0) is 19.4 Å². The van der Waals surface area contributed by atoms with Crippen LogP contribution < -0.4 is 14.2 Å². The van der Waals surface area contributed by atoms with Gasteiger partial charge >= 0.3 is 23.4 Å². The Hall–Kier alpha value is -3.99. The normalized spacial score (nSPS) is 10.7. The summed E-state index contributed by atoms with van der Waals surface area (Å²) in [7, 11) is -4.07. The summed E-state index contributed by atoms with van der Waals surface area (Å²) in [6, 6.07) is 5.95. The fourth-order valence-electron chi connectivity index (χ4n) is 2.26. The molecule has 1 heterocycles. The van der Waals surface area contributed by atoms with Gasteiger partial charge in [0.05, 0.1) is 29.8 Å². The van der Waals surface area contributed by atoms with E-state index in [9.17, 15) is 23.3 Å². The molecular formula is C18H18N4O9S. The number of hydrogen-bond acceptors (Lipinski definition) is 12. The third kappa shape index (κ3) is 6.01. The molecule has 1 aromatic heterocycles. The Balaban J connectivity index is 2.65. The maximum absolute atomic E-state index is 12.0. The van der Waals surface area contributed by atoms with Crippen LogP contribution in [0.3, 0.4) is 0 Å². The van der Waals surface area contributed by atoms with Crippen molar-refractivity contribution < 1.29 is 37.1 Å². The molecule has 13 nitrogen and oxygen atoms in total. The second-order valence-corrected chi connectivity index (χ2v) is 7.81. The summed E-state index contributed by atoms with van der Waals surface area (Å²) in [5, 5.41) is 20.0. The van der Waals surface area contributed by atoms with Crippen LogP contribution in [0.15, 0.2) is 23.4 Å². The Morgan fingerprint density at radius 2 is 1.84 bits per heavy atom. The van der Waals surface area contributed by atoms with Crippen LogP contribution in [0.1, 0.15) is 19.4 Å². The number of hydrogen-bond donors (Lipinski definition) is 0. The summed E-state index contributed by atoms with van der Waals surface area (Å²) in [5.41, 5.74) is -0.797. The molecule has 0 saturated heterocycles. The van der Waals surface area contributed by atoms with E-state index >= 15 is 0 Å². The average Bonchev–Trinajstić information content (AvgIpc) is 2.72. The monoisotopic (exact) mass is 466 g/mol. The number of nitro groups is 1. The maximum atomic E-state index is 12.0. The zero-order valence-electron chi connectivity index (χ0n) is 17.2. The summed E-state index contributed by atoms with van der Waals surface area (Å²) in [4.78, 5) is 29.5. The van der Waals surface area contributed by atoms with E-state index in [0.29, 0.717) is 0 Å². The van der Waals surface area contributed by atoms with Gasteiger partial charge in [0.15, 0.2) is 18.1 Å². The van der Waals surface area contributed by atoms with Gasteiger partial charge in [0, 0.05) is 12.3 Å². The van der Waals surface area contributed by atoms with E-state index in [1.54, 1.807) is 13.8 Å². The van der Waals surface area contributed by atoms with Crippen molar-refractivity contribution in [3.8, 4) is 29.3 Å². The number of nitriles is 1. The Bertz CT molecular complexity index is 1180. The van der Waals surface area contributed by atoms with Gasteiger partial charge < -0.3 is 18.9 Å². The smallest absolute Gasteiger partial charge is 0.392 e. The summed E-state index contributed by atoms with van der Waals surface area (Å²) < 4.78 is 44.7. The third-order valence-corrected chi connectivity index (χ3v) is 4.37. The topological polar surface area (TPSA) is 181 Å². The lowest BCUT2D eigenvalue weighted by Crippen LogP contribution is -2.17. The fraction of sp³-hybridized carbons (Fsp3) is 0.333. The molecule has 0 unspecified atom stereocenters. The van der Waals surface area contributed by atoms with Gasteiger partial charge in [0.25, 0.3) is 5.16 Å². The highest BCUT2D eigenvalue weighted by atomic mass is 32.2. The highest BCUT2D eigenvalue weighted by Gasteiger charge is 2.32. The first kappa shape index (κ1) is 24.3. The SMILES string of the molecule is CCOC(=O)COc1nc(S(C)(=O)=O)nc(Oc2cc(C#N)ccc2OCC)c1[N+](=O)[O-]. The van der Waals surface area contributed by atoms with Crippen LogP contribution in [0.25, 0.3) is 0 Å². The van der Waals surface area contributed by atoms with Crippen molar-refractivity contribution >= 4 is 21.5 Å². The van der Waals surface area contributed by atoms with Gasteiger partial charge in [0.2, 0.25) is 9.84 Å². The standard InChI is InChI=1S/C18H18N4O9S/c1-4-28-12-7-6-11(9-19)8-13(12)31-17-15(22(24)25)16(30-10-14(23)29-5-2)20-18(21-17)32(3,26)27/h6-8H,4-5,10H2,1-3H3. The maximum Gasteiger partial charge on any atom is 0.392 e. The molecular weight excluding hydrogens is 448 g/mol. The molecule has 0 fully saturated rings. The number of aromatic nitrogens is 2. The van der Waals surface area contributed by atoms with Crippen molar-refractivity contribution in [2.24, 2.45) is 0 Å². The highest BCUT2D eigenvalue weighted by Crippen LogP contribution is 2.40. The summed E-state index contributed by atoms with van der Waals surface area (Å²) in [5.74, 6) is -2.48. The van der Waals surface area contributed by atoms with E-state index in [2.05, 4.69) is 14.7 Å². The number of carbonyl (C=O) groups is 1. The van der Waals surface area contributed by atoms with Gasteiger partial charge in [-0.2, -0.15) is 15.2 Å². The van der Waals surface area contributed by atoms with E-state index in [1.165, 1.54) is 18.2 Å². The molecule has 32 heavy (non-hydrogen) atoms. The van der Waals surface area contributed by atoms with Crippen molar-refractivity contribution in [2.45, 2.75) is 19.0 Å². The zero-order valence-corrected chi connectivity index (χ0v) is 18.0. The molecule has 170 valence electrons. The molecule has 14 heteroatoms. The molecule has 0 saturated carbocycles. The third-order valence-electron chi connectivity index (χ3n) is 3.53. The zero-order chi connectivity index (χ0) is 23.9. The van der Waals surface area contributed by atoms with Crippen LogP contribution in [0.4, 0.5) is 5.69 Å². The number of nitrogens with zero attached hydrogens (tertiary/aromatic N) is 4. The van der Waals surface area contributed by atoms with Gasteiger partial charge in [-0.1, -0.05) is 0 Å². The Morgan fingerprint density at radius 1 is 1.16 bits per heavy atom. The predicted octanol–water partition coefficient (Wildman–Crippen LogP) is 1.79. The molecule has 0 spiro atoms. The summed E-state index contributed by atoms with van der Waals surface area (Å²) in [6.07, 6.45) is 0.773. The first-order valence-electron chi connectivity index (χ1n) is 9.00. The van der Waals surface area contributed by atoms with Crippen molar-refractivity contribution in [3.63, 3.8) is 0 Å². The fourth-order valence-corrected chi connectivity index (χ4v) is 2.75. The molecule has 0 N–H and O–H groups in total. The number of sulfone groups is 1. The van der Waals surface area contributed by atoms with Crippen molar-refractivity contribution in [1.29, 1.82) is 5.26 Å². The average molecular weight is 466 g/mol. The Morgan fingerprint density at radius 3 is 2.41 bits per heavy atom. The largest absolute Gasteiger partial charge is 0.490 e. The van der Waals surface area contributed by atoms with Gasteiger partial charge in [-0.15, -0.1) is 0 Å². The van der Waals surface area contributed by atoms with Crippen LogP contribution in [0.2, 0.25) is 0 Å². The molecule has 0 aliphatic rings. The molecule has 0 atom stereocenters. The van der Waals surface area contributed by atoms with Crippen LogP contribution in [-0.4, -0.2) is 55.4 Å². The first-order chi connectivity index (χ1) is 15.1. The lowest BCUT2D eigenvalue weighted by molar-refractivity contribution is -0.387. The van der Waals surface area contributed by atoms with Crippen LogP contribution in [0, 0.1) is 21.4 Å². The second kappa shape index (κ2) is 10.4. The number of ether oxygens (including phenoxy) is 4. The van der Waals surface area contributed by atoms with E-state index in [1.807, 2.05) is 6.07 Å². The minimum atomic E-state index is -4.07. The van der Waals surface area contributed by atoms with Crippen molar-refractivity contribution in [2.75, 3.05) is 26.1 Å². The predicted molar refractivity (Wildman–Crippen MR) is 106 cm³/mol. The number of benzene rings is 1. The van der Waals surface area contributed by atoms with Crippen LogP contribution >= 0.6 is 0 Å². The van der Waals surface area contributed by atoms with E-state index in [0.717, 1.165) is 6.26 Å². The second-order valence-electron chi connectivity index (χ2n) is 5.90. The molecule has 2 aromatic rings. The first-order valence-corrected chi connectivity index (χ1v) is 10.9. The minimum Gasteiger partial charge on any atom is -0.490 e. The summed E-state index contributed by atoms with van der Waals surface area (Å²) >= 11 is 0. The van der Waals surface area contributed by atoms with E-state index in [4.69, 9.17) is 19.5 Å².